The van der Waals surface area contributed by atoms with E-state index in [0.717, 1.165) is 26.4 Å². The molecule has 0 aromatic heterocycles. The van der Waals surface area contributed by atoms with E-state index >= 15 is 0 Å². The highest BCUT2D eigenvalue weighted by Crippen LogP contribution is 2.08. The molecule has 2 nitrogen and oxygen atoms in total. The molecule has 0 aromatic rings. The van der Waals surface area contributed by atoms with Crippen LogP contribution in [0.2, 0.25) is 0 Å². The first-order valence-corrected chi connectivity index (χ1v) is 5.70. The van der Waals surface area contributed by atoms with Gasteiger partial charge in [-0.3, -0.25) is 0 Å². The number of halogens is 2. The molecule has 0 saturated heterocycles. The Labute approximate surface area is 89.3 Å². The predicted octanol–water partition coefficient (Wildman–Crippen LogP) is 2.24. The topological polar surface area (TPSA) is 18.5 Å². The Morgan fingerprint density at radius 2 is 1.80 bits per heavy atom. The van der Waals surface area contributed by atoms with Crippen LogP contribution in [-0.2, 0) is 9.47 Å². The summed E-state index contributed by atoms with van der Waals surface area (Å²) in [4.78, 5) is 0. The van der Waals surface area contributed by atoms with Crippen molar-refractivity contribution in [2.75, 3.05) is 26.4 Å². The lowest BCUT2D eigenvalue weighted by Crippen LogP contribution is -2.07. The Hall–Kier alpha value is 1.38. The number of ether oxygens (including phenoxy) is 2. The summed E-state index contributed by atoms with van der Waals surface area (Å²) in [7, 11) is 0. The zero-order chi connectivity index (χ0) is 7.82. The lowest BCUT2D eigenvalue weighted by atomic mass is 10.7. The lowest BCUT2D eigenvalue weighted by Gasteiger charge is -2.03. The van der Waals surface area contributed by atoms with Crippen molar-refractivity contribution in [2.24, 2.45) is 0 Å². The van der Waals surface area contributed by atoms with E-state index in [-0.39, 0.29) is 0 Å². The van der Waals surface area contributed by atoms with Gasteiger partial charge in [-0.15, -0.1) is 0 Å². The molecule has 0 N–H and O–H groups in total. The van der Waals surface area contributed by atoms with Crippen LogP contribution in [-0.4, -0.2) is 28.4 Å². The summed E-state index contributed by atoms with van der Waals surface area (Å²) in [6.45, 7) is 5.02. The van der Waals surface area contributed by atoms with Gasteiger partial charge < -0.3 is 9.47 Å². The smallest absolute Gasteiger partial charge is 0.0859 e. The molecule has 0 aliphatic carbocycles. The molecule has 0 unspecified atom stereocenters. The zero-order valence-electron chi connectivity index (χ0n) is 5.98. The second-order valence-electron chi connectivity index (χ2n) is 1.66. The molecule has 0 aliphatic rings. The third-order valence-electron chi connectivity index (χ3n) is 0.820. The number of hydrogen-bond donors (Lipinski definition) is 0. The van der Waals surface area contributed by atoms with Gasteiger partial charge in [-0.05, 0) is 6.92 Å². The fourth-order valence-electron chi connectivity index (χ4n) is 0.435. The molecule has 0 aliphatic heterocycles. The molecule has 0 atom stereocenters. The van der Waals surface area contributed by atoms with Gasteiger partial charge in [0.05, 0.1) is 21.8 Å². The van der Waals surface area contributed by atoms with Crippen LogP contribution in [0.4, 0.5) is 0 Å². The van der Waals surface area contributed by atoms with Gasteiger partial charge in [0.15, 0.2) is 0 Å². The summed E-state index contributed by atoms with van der Waals surface area (Å²) in [5.41, 5.74) is 0. The SMILES string of the molecule is CCOCCOCC(I)I. The van der Waals surface area contributed by atoms with Crippen LogP contribution >= 0.6 is 45.2 Å². The van der Waals surface area contributed by atoms with Gasteiger partial charge in [-0.25, -0.2) is 0 Å². The van der Waals surface area contributed by atoms with Crippen LogP contribution in [0.5, 0.6) is 0 Å². The average Bonchev–Trinajstić information content (AvgIpc) is 1.87. The normalized spacial score (nSPS) is 10.8. The van der Waals surface area contributed by atoms with E-state index in [9.17, 15) is 0 Å². The molecular weight excluding hydrogens is 358 g/mol. The molecule has 0 aromatic carbocycles. The maximum Gasteiger partial charge on any atom is 0.0859 e. The third kappa shape index (κ3) is 9.38. The highest BCUT2D eigenvalue weighted by atomic mass is 127. The minimum Gasteiger partial charge on any atom is -0.379 e. The lowest BCUT2D eigenvalue weighted by molar-refractivity contribution is 0.0592. The first-order valence-electron chi connectivity index (χ1n) is 3.21. The van der Waals surface area contributed by atoms with Crippen LogP contribution in [0.1, 0.15) is 6.92 Å². The molecule has 10 heavy (non-hydrogen) atoms. The fraction of sp³-hybridized carbons (Fsp3) is 1.00. The molecule has 0 radical (unpaired) electrons. The summed E-state index contributed by atoms with van der Waals surface area (Å²) < 4.78 is 10.9. The van der Waals surface area contributed by atoms with Crippen molar-refractivity contribution in [2.45, 2.75) is 8.86 Å². The summed E-state index contributed by atoms with van der Waals surface area (Å²) in [5, 5.41) is 0. The standard InChI is InChI=1S/C6H12I2O2/c1-2-9-3-4-10-5-6(7)8/h6H,2-5H2,1H3. The van der Waals surface area contributed by atoms with Crippen molar-refractivity contribution in [3.8, 4) is 0 Å². The second kappa shape index (κ2) is 8.48. The summed E-state index contributed by atoms with van der Waals surface area (Å²) in [6, 6.07) is 0. The van der Waals surface area contributed by atoms with Gasteiger partial charge in [-0.2, -0.15) is 0 Å². The van der Waals surface area contributed by atoms with E-state index in [1.165, 1.54) is 0 Å². The van der Waals surface area contributed by atoms with Crippen LogP contribution < -0.4 is 0 Å². The highest BCUT2D eigenvalue weighted by Gasteiger charge is 1.95. The van der Waals surface area contributed by atoms with Gasteiger partial charge >= 0.3 is 0 Å². The minimum absolute atomic E-state index is 0.567. The van der Waals surface area contributed by atoms with Crippen molar-refractivity contribution >= 4 is 45.2 Å². The molecule has 4 heteroatoms. The van der Waals surface area contributed by atoms with Crippen LogP contribution in [0.15, 0.2) is 0 Å². The van der Waals surface area contributed by atoms with Crippen molar-refractivity contribution < 1.29 is 9.47 Å². The van der Waals surface area contributed by atoms with Gasteiger partial charge in [0.2, 0.25) is 0 Å². The molecule has 62 valence electrons. The average molecular weight is 370 g/mol. The van der Waals surface area contributed by atoms with Crippen LogP contribution in [0.3, 0.4) is 0 Å². The molecule has 0 rings (SSSR count). The molecule has 0 heterocycles. The molecule has 0 saturated carbocycles. The molecular formula is C6H12I2O2. The third-order valence-corrected chi connectivity index (χ3v) is 1.54. The van der Waals surface area contributed by atoms with E-state index in [1.807, 2.05) is 6.92 Å². The Bertz CT molecular complexity index is 68.8. The summed E-state index contributed by atoms with van der Waals surface area (Å²) >= 11 is 4.65. The van der Waals surface area contributed by atoms with Crippen LogP contribution in [0, 0.1) is 0 Å². The van der Waals surface area contributed by atoms with Gasteiger partial charge in [0.25, 0.3) is 0 Å². The van der Waals surface area contributed by atoms with Crippen LogP contribution in [0.25, 0.3) is 0 Å². The molecule has 0 bridgehead atoms. The largest absolute Gasteiger partial charge is 0.379 e. The fourth-order valence-corrected chi connectivity index (χ4v) is 0.943. The Kier molecular flexibility index (Phi) is 9.65. The monoisotopic (exact) mass is 370 g/mol. The van der Waals surface area contributed by atoms with E-state index in [1.54, 1.807) is 0 Å². The van der Waals surface area contributed by atoms with Gasteiger partial charge in [-0.1, -0.05) is 45.2 Å². The van der Waals surface area contributed by atoms with E-state index in [0.29, 0.717) is 1.93 Å². The maximum atomic E-state index is 5.26. The molecule has 0 spiro atoms. The van der Waals surface area contributed by atoms with Crippen molar-refractivity contribution in [1.29, 1.82) is 0 Å². The summed E-state index contributed by atoms with van der Waals surface area (Å²) in [6.07, 6.45) is 0. The highest BCUT2D eigenvalue weighted by molar-refractivity contribution is 14.2. The Balaban J connectivity index is 2.77. The maximum absolute atomic E-state index is 5.26. The predicted molar refractivity (Wildman–Crippen MR) is 59.1 cm³/mol. The number of hydrogen-bond acceptors (Lipinski definition) is 2. The molecule has 0 fully saturated rings. The van der Waals surface area contributed by atoms with Crippen molar-refractivity contribution in [1.82, 2.24) is 0 Å². The Morgan fingerprint density at radius 1 is 1.20 bits per heavy atom. The van der Waals surface area contributed by atoms with Crippen molar-refractivity contribution in [3.63, 3.8) is 0 Å². The van der Waals surface area contributed by atoms with Crippen molar-refractivity contribution in [3.05, 3.63) is 0 Å². The summed E-state index contributed by atoms with van der Waals surface area (Å²) in [5.74, 6) is 0. The number of rotatable bonds is 6. The van der Waals surface area contributed by atoms with Gasteiger partial charge in [0, 0.05) is 6.61 Å². The zero-order valence-corrected chi connectivity index (χ0v) is 10.3. The molecule has 0 amide bonds. The van der Waals surface area contributed by atoms with E-state index in [2.05, 4.69) is 45.2 Å². The second-order valence-corrected chi connectivity index (χ2v) is 7.05. The quantitative estimate of drug-likeness (QED) is 0.406. The van der Waals surface area contributed by atoms with E-state index < -0.39 is 0 Å². The van der Waals surface area contributed by atoms with E-state index in [4.69, 9.17) is 9.47 Å². The first-order chi connectivity index (χ1) is 4.77. The minimum atomic E-state index is 0.567. The van der Waals surface area contributed by atoms with Gasteiger partial charge in [0.1, 0.15) is 0 Å². The number of alkyl halides is 2. The Morgan fingerprint density at radius 3 is 2.30 bits per heavy atom. The first kappa shape index (κ1) is 11.4.